The maximum Gasteiger partial charge on any atom is 0.229 e. The normalized spacial score (nSPS) is 20.8. The van der Waals surface area contributed by atoms with Crippen LogP contribution in [0, 0.1) is 5.92 Å². The summed E-state index contributed by atoms with van der Waals surface area (Å²) >= 11 is 0. The molecule has 3 rings (SSSR count). The first-order chi connectivity index (χ1) is 9.72. The molecule has 21 heavy (non-hydrogen) atoms. The fourth-order valence-electron chi connectivity index (χ4n) is 2.76. The zero-order valence-corrected chi connectivity index (χ0v) is 12.6. The summed E-state index contributed by atoms with van der Waals surface area (Å²) in [6.45, 7) is 2.32. The van der Waals surface area contributed by atoms with Gasteiger partial charge in [-0.3, -0.25) is 9.59 Å². The zero-order valence-electron chi connectivity index (χ0n) is 11.8. The lowest BCUT2D eigenvalue weighted by Crippen LogP contribution is -2.40. The fourth-order valence-corrected chi connectivity index (χ4v) is 2.76. The van der Waals surface area contributed by atoms with Crippen LogP contribution in [0.5, 0.6) is 0 Å². The fraction of sp³-hybridized carbons (Fsp3) is 0.467. The predicted molar refractivity (Wildman–Crippen MR) is 83.5 cm³/mol. The van der Waals surface area contributed by atoms with Gasteiger partial charge in [0.05, 0.1) is 5.92 Å². The van der Waals surface area contributed by atoms with Gasteiger partial charge in [-0.1, -0.05) is 6.07 Å². The van der Waals surface area contributed by atoms with Crippen LogP contribution >= 0.6 is 12.4 Å². The first kappa shape index (κ1) is 15.8. The molecule has 1 atom stereocenters. The van der Waals surface area contributed by atoms with E-state index >= 15 is 0 Å². The maximum absolute atomic E-state index is 12.2. The number of benzene rings is 1. The predicted octanol–water partition coefficient (Wildman–Crippen LogP) is 1.22. The van der Waals surface area contributed by atoms with E-state index in [0.717, 1.165) is 25.2 Å². The monoisotopic (exact) mass is 309 g/mol. The summed E-state index contributed by atoms with van der Waals surface area (Å²) in [6.07, 6.45) is 2.11. The van der Waals surface area contributed by atoms with Crippen molar-refractivity contribution >= 4 is 29.9 Å². The van der Waals surface area contributed by atoms with Crippen LogP contribution in [0.1, 0.15) is 24.0 Å². The van der Waals surface area contributed by atoms with E-state index in [9.17, 15) is 9.59 Å². The van der Waals surface area contributed by atoms with Crippen LogP contribution in [-0.2, 0) is 22.6 Å². The molecule has 0 spiro atoms. The number of carbonyl (C=O) groups is 2. The first-order valence-electron chi connectivity index (χ1n) is 7.12. The number of rotatable bonds is 2. The van der Waals surface area contributed by atoms with E-state index in [0.29, 0.717) is 19.4 Å². The van der Waals surface area contributed by atoms with Gasteiger partial charge in [0.2, 0.25) is 11.8 Å². The number of hydrogen-bond acceptors (Lipinski definition) is 3. The topological polar surface area (TPSA) is 70.2 Å². The van der Waals surface area contributed by atoms with Crippen molar-refractivity contribution in [2.24, 2.45) is 5.92 Å². The zero-order chi connectivity index (χ0) is 13.9. The molecule has 2 aliphatic rings. The van der Waals surface area contributed by atoms with Crippen molar-refractivity contribution in [3.63, 3.8) is 0 Å². The average molecular weight is 310 g/mol. The largest absolute Gasteiger partial charge is 0.355 e. The summed E-state index contributed by atoms with van der Waals surface area (Å²) in [6, 6.07) is 6.10. The molecule has 1 unspecified atom stereocenters. The lowest BCUT2D eigenvalue weighted by atomic mass is 9.97. The van der Waals surface area contributed by atoms with Crippen molar-refractivity contribution in [1.82, 2.24) is 10.6 Å². The van der Waals surface area contributed by atoms with Crippen molar-refractivity contribution in [3.05, 3.63) is 29.3 Å². The molecular formula is C15H20ClN3O2. The molecule has 114 valence electrons. The number of fused-ring (bicyclic) bond motifs is 1. The Bertz CT molecular complexity index is 538. The van der Waals surface area contributed by atoms with Crippen LogP contribution in [0.4, 0.5) is 5.69 Å². The van der Waals surface area contributed by atoms with Crippen LogP contribution < -0.4 is 16.0 Å². The molecule has 2 heterocycles. The second kappa shape index (κ2) is 6.91. The second-order valence-electron chi connectivity index (χ2n) is 5.44. The minimum Gasteiger partial charge on any atom is -0.355 e. The van der Waals surface area contributed by atoms with E-state index < -0.39 is 0 Å². The van der Waals surface area contributed by atoms with Crippen LogP contribution in [0.2, 0.25) is 0 Å². The third-order valence-electron chi connectivity index (χ3n) is 4.00. The molecule has 1 saturated heterocycles. The highest BCUT2D eigenvalue weighted by atomic mass is 35.5. The number of nitrogens with one attached hydrogen (secondary N) is 3. The van der Waals surface area contributed by atoms with Crippen LogP contribution in [-0.4, -0.2) is 24.9 Å². The van der Waals surface area contributed by atoms with E-state index in [1.165, 1.54) is 11.1 Å². The Kier molecular flexibility index (Phi) is 5.20. The van der Waals surface area contributed by atoms with Gasteiger partial charge in [-0.15, -0.1) is 12.4 Å². The standard InChI is InChI=1S/C15H19N3O2.ClH/c19-14-4-2-11(9-17-14)15(20)18-13-3-1-10-5-6-16-8-12(10)7-13;/h1,3,7,11,16H,2,4-6,8-9H2,(H,17,19)(H,18,20);1H. The van der Waals surface area contributed by atoms with Gasteiger partial charge in [-0.2, -0.15) is 0 Å². The Balaban J connectivity index is 0.00000161. The van der Waals surface area contributed by atoms with Crippen molar-refractivity contribution in [2.45, 2.75) is 25.8 Å². The smallest absolute Gasteiger partial charge is 0.229 e. The quantitative estimate of drug-likeness (QED) is 0.769. The van der Waals surface area contributed by atoms with Gasteiger partial charge in [0.25, 0.3) is 0 Å². The molecule has 0 bridgehead atoms. The van der Waals surface area contributed by atoms with Crippen molar-refractivity contribution in [3.8, 4) is 0 Å². The van der Waals surface area contributed by atoms with Gasteiger partial charge in [0.1, 0.15) is 0 Å². The highest BCUT2D eigenvalue weighted by Crippen LogP contribution is 2.20. The summed E-state index contributed by atoms with van der Waals surface area (Å²) in [5.41, 5.74) is 3.45. The molecule has 2 aliphatic heterocycles. The molecule has 0 aromatic heterocycles. The Morgan fingerprint density at radius 3 is 2.86 bits per heavy atom. The molecule has 0 radical (unpaired) electrons. The highest BCUT2D eigenvalue weighted by Gasteiger charge is 2.24. The first-order valence-corrected chi connectivity index (χ1v) is 7.12. The molecule has 1 aromatic carbocycles. The van der Waals surface area contributed by atoms with E-state index in [-0.39, 0.29) is 30.1 Å². The summed E-state index contributed by atoms with van der Waals surface area (Å²) in [7, 11) is 0. The summed E-state index contributed by atoms with van der Waals surface area (Å²) in [4.78, 5) is 23.3. The molecule has 5 nitrogen and oxygen atoms in total. The Hall–Kier alpha value is -1.59. The van der Waals surface area contributed by atoms with Gasteiger partial charge in [0, 0.05) is 25.2 Å². The molecule has 0 aliphatic carbocycles. The van der Waals surface area contributed by atoms with Gasteiger partial charge in [-0.05, 0) is 42.6 Å². The Morgan fingerprint density at radius 2 is 2.10 bits per heavy atom. The number of amides is 2. The van der Waals surface area contributed by atoms with E-state index in [4.69, 9.17) is 0 Å². The third kappa shape index (κ3) is 3.74. The van der Waals surface area contributed by atoms with Gasteiger partial charge < -0.3 is 16.0 Å². The number of carbonyl (C=O) groups excluding carboxylic acids is 2. The molecule has 6 heteroatoms. The average Bonchev–Trinajstić information content (AvgIpc) is 2.48. The number of piperidine rings is 1. The van der Waals surface area contributed by atoms with Gasteiger partial charge in [-0.25, -0.2) is 0 Å². The maximum atomic E-state index is 12.2. The van der Waals surface area contributed by atoms with E-state index in [2.05, 4.69) is 22.0 Å². The third-order valence-corrected chi connectivity index (χ3v) is 4.00. The lowest BCUT2D eigenvalue weighted by molar-refractivity contribution is -0.126. The Labute approximate surface area is 130 Å². The lowest BCUT2D eigenvalue weighted by Gasteiger charge is -2.22. The van der Waals surface area contributed by atoms with E-state index in [1.807, 2.05) is 12.1 Å². The van der Waals surface area contributed by atoms with Crippen LogP contribution in [0.25, 0.3) is 0 Å². The molecule has 2 amide bonds. The summed E-state index contributed by atoms with van der Waals surface area (Å²) < 4.78 is 0. The number of anilines is 1. The van der Waals surface area contributed by atoms with Gasteiger partial charge >= 0.3 is 0 Å². The SMILES string of the molecule is Cl.O=C1CCC(C(=O)Nc2ccc3c(c2)CNCC3)CN1. The number of halogens is 1. The van der Waals surface area contributed by atoms with Crippen molar-refractivity contribution in [1.29, 1.82) is 0 Å². The molecule has 1 fully saturated rings. The van der Waals surface area contributed by atoms with E-state index in [1.54, 1.807) is 0 Å². The van der Waals surface area contributed by atoms with Crippen molar-refractivity contribution < 1.29 is 9.59 Å². The minimum atomic E-state index is -0.123. The summed E-state index contributed by atoms with van der Waals surface area (Å²) in [5, 5.41) is 9.03. The highest BCUT2D eigenvalue weighted by molar-refractivity contribution is 5.94. The van der Waals surface area contributed by atoms with Gasteiger partial charge in [0.15, 0.2) is 0 Å². The second-order valence-corrected chi connectivity index (χ2v) is 5.44. The number of hydrogen-bond donors (Lipinski definition) is 3. The van der Waals surface area contributed by atoms with Crippen LogP contribution in [0.3, 0.4) is 0 Å². The molecule has 0 saturated carbocycles. The van der Waals surface area contributed by atoms with Crippen LogP contribution in [0.15, 0.2) is 18.2 Å². The molecule has 1 aromatic rings. The molecule has 3 N–H and O–H groups in total. The summed E-state index contributed by atoms with van der Waals surface area (Å²) in [5.74, 6) is -0.0931. The minimum absolute atomic E-state index is 0. The van der Waals surface area contributed by atoms with Crippen molar-refractivity contribution in [2.75, 3.05) is 18.4 Å². The Morgan fingerprint density at radius 1 is 1.24 bits per heavy atom. The molecular weight excluding hydrogens is 290 g/mol.